The summed E-state index contributed by atoms with van der Waals surface area (Å²) in [6.45, 7) is 8.81. The summed E-state index contributed by atoms with van der Waals surface area (Å²) < 4.78 is 1.73. The van der Waals surface area contributed by atoms with E-state index in [1.165, 1.54) is 0 Å². The zero-order valence-electron chi connectivity index (χ0n) is 16.1. The largest absolute Gasteiger partial charge is 0.353 e. The van der Waals surface area contributed by atoms with Crippen LogP contribution in [-0.2, 0) is 11.3 Å². The topological polar surface area (TPSA) is 64.0 Å². The summed E-state index contributed by atoms with van der Waals surface area (Å²) in [5.41, 5.74) is 0.759. The molecule has 6 heteroatoms. The van der Waals surface area contributed by atoms with Gasteiger partial charge in [0, 0.05) is 24.8 Å². The second-order valence-corrected chi connectivity index (χ2v) is 7.93. The molecule has 5 nitrogen and oxygen atoms in total. The van der Waals surface area contributed by atoms with Crippen LogP contribution in [0.25, 0.3) is 10.9 Å². The monoisotopic (exact) mass is 375 g/mol. The van der Waals surface area contributed by atoms with E-state index in [0.717, 1.165) is 29.3 Å². The molecule has 1 amide bonds. The van der Waals surface area contributed by atoms with E-state index in [-0.39, 0.29) is 17.5 Å². The molecule has 1 aromatic heterocycles. The highest BCUT2D eigenvalue weighted by molar-refractivity contribution is 7.99. The number of carbonyl (C=O) groups is 1. The number of thioether (sulfide) groups is 1. The number of benzene rings is 1. The summed E-state index contributed by atoms with van der Waals surface area (Å²) in [4.78, 5) is 29.1. The Morgan fingerprint density at radius 3 is 2.65 bits per heavy atom. The van der Waals surface area contributed by atoms with Crippen LogP contribution >= 0.6 is 11.8 Å². The second kappa shape index (κ2) is 9.76. The van der Waals surface area contributed by atoms with Crippen molar-refractivity contribution in [2.75, 3.05) is 5.75 Å². The van der Waals surface area contributed by atoms with Gasteiger partial charge in [0.2, 0.25) is 5.91 Å². The fourth-order valence-corrected chi connectivity index (χ4v) is 3.64. The van der Waals surface area contributed by atoms with Gasteiger partial charge in [-0.15, -0.1) is 0 Å². The number of rotatable bonds is 9. The molecule has 1 atom stereocenters. The van der Waals surface area contributed by atoms with E-state index in [2.05, 4.69) is 24.1 Å². The maximum Gasteiger partial charge on any atom is 0.262 e. The molecule has 1 heterocycles. The van der Waals surface area contributed by atoms with Crippen LogP contribution in [0.4, 0.5) is 0 Å². The molecule has 0 fully saturated rings. The summed E-state index contributed by atoms with van der Waals surface area (Å²) in [7, 11) is 0. The number of hydrogen-bond donors (Lipinski definition) is 1. The number of hydrogen-bond acceptors (Lipinski definition) is 4. The van der Waals surface area contributed by atoms with Crippen molar-refractivity contribution < 1.29 is 4.79 Å². The van der Waals surface area contributed by atoms with Gasteiger partial charge >= 0.3 is 0 Å². The SMILES string of the molecule is CCn1c(SCCCCC(=O)NC(C)C(C)C)nc2ccccc2c1=O. The molecule has 26 heavy (non-hydrogen) atoms. The number of nitrogens with one attached hydrogen (secondary N) is 1. The summed E-state index contributed by atoms with van der Waals surface area (Å²) in [5, 5.41) is 4.45. The highest BCUT2D eigenvalue weighted by Crippen LogP contribution is 2.19. The standard InChI is InChI=1S/C20H29N3O2S/c1-5-23-19(25)16-10-6-7-11-17(16)22-20(23)26-13-9-8-12-18(24)21-15(4)14(2)3/h6-7,10-11,14-15H,5,8-9,12-13H2,1-4H3,(H,21,24). The summed E-state index contributed by atoms with van der Waals surface area (Å²) in [6, 6.07) is 7.67. The van der Waals surface area contributed by atoms with Gasteiger partial charge in [-0.25, -0.2) is 4.98 Å². The number of aromatic nitrogens is 2. The second-order valence-electron chi connectivity index (χ2n) is 6.87. The quantitative estimate of drug-likeness (QED) is 0.411. The van der Waals surface area contributed by atoms with Gasteiger partial charge in [0.05, 0.1) is 10.9 Å². The van der Waals surface area contributed by atoms with Gasteiger partial charge in [0.25, 0.3) is 5.56 Å². The summed E-state index contributed by atoms with van der Waals surface area (Å²) in [5.74, 6) is 1.40. The molecule has 0 saturated heterocycles. The minimum atomic E-state index is 0.0163. The molecule has 2 aromatic rings. The first-order valence-corrected chi connectivity index (χ1v) is 10.3. The molecule has 0 bridgehead atoms. The van der Waals surface area contributed by atoms with E-state index in [1.807, 2.05) is 38.1 Å². The summed E-state index contributed by atoms with van der Waals surface area (Å²) >= 11 is 1.59. The third-order valence-corrected chi connectivity index (χ3v) is 5.62. The van der Waals surface area contributed by atoms with Crippen LogP contribution in [0.2, 0.25) is 0 Å². The van der Waals surface area contributed by atoms with Crippen LogP contribution in [-0.4, -0.2) is 27.3 Å². The van der Waals surface area contributed by atoms with Gasteiger partial charge in [0.1, 0.15) is 0 Å². The van der Waals surface area contributed by atoms with Crippen LogP contribution in [0.15, 0.2) is 34.2 Å². The first-order chi connectivity index (χ1) is 12.4. The fraction of sp³-hybridized carbons (Fsp3) is 0.550. The molecule has 0 aliphatic carbocycles. The minimum absolute atomic E-state index is 0.0163. The molecular formula is C20H29N3O2S. The third-order valence-electron chi connectivity index (χ3n) is 4.56. The van der Waals surface area contributed by atoms with Crippen molar-refractivity contribution >= 4 is 28.6 Å². The Kier molecular flexibility index (Phi) is 7.69. The van der Waals surface area contributed by atoms with Crippen molar-refractivity contribution in [2.24, 2.45) is 5.92 Å². The molecule has 142 valence electrons. The van der Waals surface area contributed by atoms with Crippen LogP contribution in [0.1, 0.15) is 47.0 Å². The fourth-order valence-electron chi connectivity index (χ4n) is 2.58. The normalized spacial score (nSPS) is 12.5. The smallest absolute Gasteiger partial charge is 0.262 e. The van der Waals surface area contributed by atoms with Crippen LogP contribution in [0, 0.1) is 5.92 Å². The van der Waals surface area contributed by atoms with E-state index in [9.17, 15) is 9.59 Å². The van der Waals surface area contributed by atoms with Crippen LogP contribution < -0.4 is 10.9 Å². The van der Waals surface area contributed by atoms with E-state index in [4.69, 9.17) is 0 Å². The predicted molar refractivity (Wildman–Crippen MR) is 109 cm³/mol. The lowest BCUT2D eigenvalue weighted by Gasteiger charge is -2.17. The lowest BCUT2D eigenvalue weighted by molar-refractivity contribution is -0.122. The third kappa shape index (κ3) is 5.34. The lowest BCUT2D eigenvalue weighted by Crippen LogP contribution is -2.35. The Balaban J connectivity index is 1.88. The summed E-state index contributed by atoms with van der Waals surface area (Å²) in [6.07, 6.45) is 2.30. The lowest BCUT2D eigenvalue weighted by atomic mass is 10.1. The molecule has 0 aliphatic heterocycles. The first-order valence-electron chi connectivity index (χ1n) is 9.35. The molecule has 0 radical (unpaired) electrons. The van der Waals surface area contributed by atoms with Crippen molar-refractivity contribution in [3.05, 3.63) is 34.6 Å². The van der Waals surface area contributed by atoms with Gasteiger partial charge in [0.15, 0.2) is 5.16 Å². The average Bonchev–Trinajstić information content (AvgIpc) is 2.61. The molecule has 1 aromatic carbocycles. The highest BCUT2D eigenvalue weighted by atomic mass is 32.2. The van der Waals surface area contributed by atoms with E-state index < -0.39 is 0 Å². The zero-order chi connectivity index (χ0) is 19.1. The first kappa shape index (κ1) is 20.5. The Hall–Kier alpha value is -1.82. The maximum absolute atomic E-state index is 12.6. The molecule has 1 N–H and O–H groups in total. The predicted octanol–water partition coefficient (Wildman–Crippen LogP) is 3.84. The van der Waals surface area contributed by atoms with E-state index >= 15 is 0 Å². The highest BCUT2D eigenvalue weighted by Gasteiger charge is 2.12. The number of nitrogens with zero attached hydrogens (tertiary/aromatic N) is 2. The molecule has 0 saturated carbocycles. The van der Waals surface area contributed by atoms with Crippen molar-refractivity contribution in [1.29, 1.82) is 0 Å². The minimum Gasteiger partial charge on any atom is -0.353 e. The maximum atomic E-state index is 12.6. The Labute approximate surface area is 159 Å². The molecule has 0 spiro atoms. The van der Waals surface area contributed by atoms with Gasteiger partial charge in [-0.05, 0) is 44.7 Å². The molecule has 2 rings (SSSR count). The number of para-hydroxylation sites is 1. The van der Waals surface area contributed by atoms with Crippen molar-refractivity contribution in [1.82, 2.24) is 14.9 Å². The Morgan fingerprint density at radius 2 is 1.96 bits per heavy atom. The van der Waals surface area contributed by atoms with Gasteiger partial charge in [-0.1, -0.05) is 37.7 Å². The molecule has 1 unspecified atom stereocenters. The van der Waals surface area contributed by atoms with Gasteiger partial charge in [-0.3, -0.25) is 14.2 Å². The van der Waals surface area contributed by atoms with E-state index in [0.29, 0.717) is 24.3 Å². The van der Waals surface area contributed by atoms with Crippen molar-refractivity contribution in [2.45, 2.75) is 64.7 Å². The Bertz CT molecular complexity index is 801. The molecular weight excluding hydrogens is 346 g/mol. The zero-order valence-corrected chi connectivity index (χ0v) is 16.9. The van der Waals surface area contributed by atoms with Crippen molar-refractivity contribution in [3.8, 4) is 0 Å². The van der Waals surface area contributed by atoms with Gasteiger partial charge < -0.3 is 5.32 Å². The van der Waals surface area contributed by atoms with E-state index in [1.54, 1.807) is 16.3 Å². The molecule has 0 aliphatic rings. The number of fused-ring (bicyclic) bond motifs is 1. The number of amides is 1. The number of unbranched alkanes of at least 4 members (excludes halogenated alkanes) is 1. The van der Waals surface area contributed by atoms with Gasteiger partial charge in [-0.2, -0.15) is 0 Å². The van der Waals surface area contributed by atoms with Crippen molar-refractivity contribution in [3.63, 3.8) is 0 Å². The Morgan fingerprint density at radius 1 is 1.23 bits per heavy atom. The van der Waals surface area contributed by atoms with Crippen LogP contribution in [0.3, 0.4) is 0 Å². The average molecular weight is 376 g/mol. The number of carbonyl (C=O) groups excluding carboxylic acids is 1. The van der Waals surface area contributed by atoms with Crippen LogP contribution in [0.5, 0.6) is 0 Å².